The minimum Gasteiger partial charge on any atom is -0.454 e. The Morgan fingerprint density at radius 3 is 2.86 bits per heavy atom. The summed E-state index contributed by atoms with van der Waals surface area (Å²) in [6, 6.07) is 7.91. The summed E-state index contributed by atoms with van der Waals surface area (Å²) in [4.78, 5) is 0. The van der Waals surface area contributed by atoms with E-state index in [9.17, 15) is 9.50 Å². The average Bonchev–Trinajstić information content (AvgIpc) is 2.90. The number of fused-ring (bicyclic) bond motifs is 1. The van der Waals surface area contributed by atoms with E-state index in [1.54, 1.807) is 18.2 Å². The molecule has 21 heavy (non-hydrogen) atoms. The van der Waals surface area contributed by atoms with E-state index >= 15 is 0 Å². The summed E-state index contributed by atoms with van der Waals surface area (Å²) < 4.78 is 23.6. The third-order valence-corrected chi connectivity index (χ3v) is 3.83. The Bertz CT molecular complexity index is 687. The summed E-state index contributed by atoms with van der Waals surface area (Å²) in [5, 5.41) is 10.8. The second-order valence-corrected chi connectivity index (χ2v) is 5.43. The number of halogens is 2. The van der Waals surface area contributed by atoms with Crippen molar-refractivity contribution in [2.45, 2.75) is 19.4 Å². The van der Waals surface area contributed by atoms with Crippen LogP contribution in [-0.4, -0.2) is 11.9 Å². The molecule has 0 saturated heterocycles. The maximum atomic E-state index is 13.1. The Balaban J connectivity index is 1.85. The molecule has 0 aromatic heterocycles. The van der Waals surface area contributed by atoms with Crippen LogP contribution in [0, 0.1) is 12.7 Å². The molecule has 1 unspecified atom stereocenters. The Labute approximate surface area is 126 Å². The number of aryl methyl sites for hydroxylation is 1. The van der Waals surface area contributed by atoms with Gasteiger partial charge in [0.15, 0.2) is 11.5 Å². The molecule has 1 N–H and O–H groups in total. The van der Waals surface area contributed by atoms with Crippen molar-refractivity contribution < 1.29 is 19.0 Å². The van der Waals surface area contributed by atoms with Crippen molar-refractivity contribution in [3.05, 3.63) is 57.9 Å². The minimum absolute atomic E-state index is 0.131. The predicted octanol–water partition coefficient (Wildman–Crippen LogP) is 3.79. The third-order valence-electron chi connectivity index (χ3n) is 3.55. The maximum Gasteiger partial charge on any atom is 0.231 e. The zero-order valence-corrected chi connectivity index (χ0v) is 12.2. The molecular formula is C16H14ClFO3. The van der Waals surface area contributed by atoms with Gasteiger partial charge in [0, 0.05) is 6.42 Å². The van der Waals surface area contributed by atoms with E-state index in [4.69, 9.17) is 21.1 Å². The van der Waals surface area contributed by atoms with Crippen LogP contribution in [-0.2, 0) is 6.42 Å². The lowest BCUT2D eigenvalue weighted by molar-refractivity contribution is 0.171. The number of ether oxygens (including phenoxy) is 2. The normalized spacial score (nSPS) is 14.3. The monoisotopic (exact) mass is 308 g/mol. The second-order valence-electron chi connectivity index (χ2n) is 5.03. The molecule has 1 heterocycles. The van der Waals surface area contributed by atoms with Crippen molar-refractivity contribution in [2.24, 2.45) is 0 Å². The van der Waals surface area contributed by atoms with Gasteiger partial charge >= 0.3 is 0 Å². The molecule has 0 radical (unpaired) electrons. The molecule has 0 spiro atoms. The van der Waals surface area contributed by atoms with Gasteiger partial charge in [-0.3, -0.25) is 0 Å². The van der Waals surface area contributed by atoms with Gasteiger partial charge < -0.3 is 14.6 Å². The second kappa shape index (κ2) is 5.54. The van der Waals surface area contributed by atoms with Gasteiger partial charge in [0.25, 0.3) is 0 Å². The van der Waals surface area contributed by atoms with Crippen LogP contribution >= 0.6 is 11.6 Å². The first-order valence-electron chi connectivity index (χ1n) is 6.56. The number of hydrogen-bond acceptors (Lipinski definition) is 3. The fraction of sp³-hybridized carbons (Fsp3) is 0.250. The predicted molar refractivity (Wildman–Crippen MR) is 77.4 cm³/mol. The fourth-order valence-electron chi connectivity index (χ4n) is 2.39. The highest BCUT2D eigenvalue weighted by Crippen LogP contribution is 2.41. The highest BCUT2D eigenvalue weighted by atomic mass is 35.5. The van der Waals surface area contributed by atoms with Gasteiger partial charge in [-0.05, 0) is 47.9 Å². The van der Waals surface area contributed by atoms with E-state index in [0.29, 0.717) is 28.5 Å². The SMILES string of the molecule is Cc1cc(F)ccc1CC(O)c1cc(Cl)c2c(c1)OCO2. The molecular weight excluding hydrogens is 295 g/mol. The summed E-state index contributed by atoms with van der Waals surface area (Å²) in [7, 11) is 0. The lowest BCUT2D eigenvalue weighted by atomic mass is 9.98. The van der Waals surface area contributed by atoms with E-state index < -0.39 is 6.10 Å². The molecule has 5 heteroatoms. The molecule has 110 valence electrons. The van der Waals surface area contributed by atoms with Crippen LogP contribution in [0.1, 0.15) is 22.8 Å². The Kier molecular flexibility index (Phi) is 3.74. The lowest BCUT2D eigenvalue weighted by Gasteiger charge is -2.14. The van der Waals surface area contributed by atoms with E-state index in [1.807, 2.05) is 6.92 Å². The van der Waals surface area contributed by atoms with Crippen LogP contribution < -0.4 is 9.47 Å². The smallest absolute Gasteiger partial charge is 0.231 e. The number of rotatable bonds is 3. The summed E-state index contributed by atoms with van der Waals surface area (Å²) >= 11 is 6.11. The third kappa shape index (κ3) is 2.82. The van der Waals surface area contributed by atoms with Gasteiger partial charge in [-0.25, -0.2) is 4.39 Å². The van der Waals surface area contributed by atoms with Crippen LogP contribution in [0.5, 0.6) is 11.5 Å². The standard InChI is InChI=1S/C16H14ClFO3/c1-9-4-12(18)3-2-10(9)6-14(19)11-5-13(17)16-15(7-11)20-8-21-16/h2-5,7,14,19H,6,8H2,1H3. The molecule has 0 bridgehead atoms. The molecule has 1 atom stereocenters. The highest BCUT2D eigenvalue weighted by Gasteiger charge is 2.21. The van der Waals surface area contributed by atoms with E-state index in [0.717, 1.165) is 11.1 Å². The van der Waals surface area contributed by atoms with Crippen molar-refractivity contribution in [1.29, 1.82) is 0 Å². The molecule has 0 aliphatic carbocycles. The van der Waals surface area contributed by atoms with Crippen molar-refractivity contribution in [2.75, 3.05) is 6.79 Å². The molecule has 0 amide bonds. The number of aliphatic hydroxyl groups is 1. The first-order valence-corrected chi connectivity index (χ1v) is 6.94. The topological polar surface area (TPSA) is 38.7 Å². The van der Waals surface area contributed by atoms with Crippen molar-refractivity contribution >= 4 is 11.6 Å². The van der Waals surface area contributed by atoms with Crippen LogP contribution in [0.25, 0.3) is 0 Å². The zero-order chi connectivity index (χ0) is 15.0. The minimum atomic E-state index is -0.749. The molecule has 3 rings (SSSR count). The quantitative estimate of drug-likeness (QED) is 0.937. The Morgan fingerprint density at radius 2 is 2.10 bits per heavy atom. The van der Waals surface area contributed by atoms with Gasteiger partial charge in [0.2, 0.25) is 6.79 Å². The lowest BCUT2D eigenvalue weighted by Crippen LogP contribution is -2.03. The van der Waals surface area contributed by atoms with Crippen molar-refractivity contribution in [3.63, 3.8) is 0 Å². The maximum absolute atomic E-state index is 13.1. The first kappa shape index (κ1) is 14.2. The summed E-state index contributed by atoms with van der Waals surface area (Å²) in [5.41, 5.74) is 2.34. The summed E-state index contributed by atoms with van der Waals surface area (Å²) in [6.07, 6.45) is -0.372. The fourth-order valence-corrected chi connectivity index (χ4v) is 2.67. The number of aliphatic hydroxyl groups excluding tert-OH is 1. The van der Waals surface area contributed by atoms with E-state index in [2.05, 4.69) is 0 Å². The van der Waals surface area contributed by atoms with Gasteiger partial charge in [0.1, 0.15) is 5.82 Å². The first-order chi connectivity index (χ1) is 10.0. The van der Waals surface area contributed by atoms with Gasteiger partial charge in [0.05, 0.1) is 11.1 Å². The summed E-state index contributed by atoms with van der Waals surface area (Å²) in [5.74, 6) is 0.759. The van der Waals surface area contributed by atoms with E-state index in [-0.39, 0.29) is 12.6 Å². The van der Waals surface area contributed by atoms with Crippen LogP contribution in [0.4, 0.5) is 4.39 Å². The molecule has 1 aliphatic heterocycles. The molecule has 2 aromatic rings. The molecule has 1 aliphatic rings. The van der Waals surface area contributed by atoms with Gasteiger partial charge in [-0.2, -0.15) is 0 Å². The Hall–Kier alpha value is -1.78. The average molecular weight is 309 g/mol. The highest BCUT2D eigenvalue weighted by molar-refractivity contribution is 6.32. The van der Waals surface area contributed by atoms with Gasteiger partial charge in [-0.15, -0.1) is 0 Å². The summed E-state index contributed by atoms with van der Waals surface area (Å²) in [6.45, 7) is 1.95. The zero-order valence-electron chi connectivity index (χ0n) is 11.4. The molecule has 3 nitrogen and oxygen atoms in total. The number of benzene rings is 2. The van der Waals surface area contributed by atoms with E-state index in [1.165, 1.54) is 12.1 Å². The molecule has 0 fully saturated rings. The molecule has 0 saturated carbocycles. The largest absolute Gasteiger partial charge is 0.454 e. The van der Waals surface area contributed by atoms with Crippen LogP contribution in [0.2, 0.25) is 5.02 Å². The van der Waals surface area contributed by atoms with Crippen molar-refractivity contribution in [3.8, 4) is 11.5 Å². The van der Waals surface area contributed by atoms with Crippen LogP contribution in [0.15, 0.2) is 30.3 Å². The number of hydrogen-bond donors (Lipinski definition) is 1. The van der Waals surface area contributed by atoms with Crippen molar-refractivity contribution in [1.82, 2.24) is 0 Å². The Morgan fingerprint density at radius 1 is 1.29 bits per heavy atom. The van der Waals surface area contributed by atoms with Gasteiger partial charge in [-0.1, -0.05) is 17.7 Å². The van der Waals surface area contributed by atoms with Crippen LogP contribution in [0.3, 0.4) is 0 Å². The molecule has 2 aromatic carbocycles.